The molecule has 29 heavy (non-hydrogen) atoms. The molecule has 0 saturated carbocycles. The Hall–Kier alpha value is -3.36. The highest BCUT2D eigenvalue weighted by Crippen LogP contribution is 2.40. The molecule has 1 aliphatic rings. The van der Waals surface area contributed by atoms with E-state index in [-0.39, 0.29) is 5.82 Å². The molecule has 0 atom stereocenters. The van der Waals surface area contributed by atoms with Gasteiger partial charge >= 0.3 is 6.18 Å². The molecule has 1 aliphatic heterocycles. The Morgan fingerprint density at radius 3 is 2.72 bits per heavy atom. The predicted molar refractivity (Wildman–Crippen MR) is 100 cm³/mol. The Balaban J connectivity index is 1.73. The molecule has 9 heteroatoms. The third-order valence-electron chi connectivity index (χ3n) is 4.38. The molecule has 3 aromatic rings. The van der Waals surface area contributed by atoms with E-state index in [1.165, 1.54) is 12.3 Å². The molecule has 0 unspecified atom stereocenters. The van der Waals surface area contributed by atoms with Gasteiger partial charge in [-0.15, -0.1) is 0 Å². The van der Waals surface area contributed by atoms with Crippen LogP contribution in [0, 0.1) is 0 Å². The normalized spacial score (nSPS) is 13.5. The Morgan fingerprint density at radius 2 is 1.97 bits per heavy atom. The summed E-state index contributed by atoms with van der Waals surface area (Å²) in [6, 6.07) is 12.8. The number of nitrogens with zero attached hydrogens (tertiary/aromatic N) is 3. The van der Waals surface area contributed by atoms with E-state index in [9.17, 15) is 18.0 Å². The standard InChI is InChI=1S/C20H17F3N4O2/c21-20(22,23)12-16(28)25-15-11-14(7-8-24-15)17-18(13-5-2-1-3-6-13)26-27-9-4-10-29-19(17)27/h1-3,5-8,11H,4,9-10,12H2,(H,24,25,28). The minimum Gasteiger partial charge on any atom is -0.477 e. The Morgan fingerprint density at radius 1 is 1.17 bits per heavy atom. The number of rotatable bonds is 4. The number of halogens is 3. The number of carbonyl (C=O) groups is 1. The summed E-state index contributed by atoms with van der Waals surface area (Å²) >= 11 is 0. The van der Waals surface area contributed by atoms with Crippen LogP contribution in [0.15, 0.2) is 48.7 Å². The first-order chi connectivity index (χ1) is 13.9. The topological polar surface area (TPSA) is 69.0 Å². The van der Waals surface area contributed by atoms with E-state index in [1.807, 2.05) is 30.3 Å². The number of carbonyl (C=O) groups excluding carboxylic acids is 1. The fourth-order valence-electron chi connectivity index (χ4n) is 3.21. The van der Waals surface area contributed by atoms with Crippen molar-refractivity contribution in [1.29, 1.82) is 0 Å². The number of nitrogens with one attached hydrogen (secondary N) is 1. The van der Waals surface area contributed by atoms with Crippen LogP contribution in [-0.2, 0) is 11.3 Å². The molecule has 0 bridgehead atoms. The van der Waals surface area contributed by atoms with Crippen LogP contribution in [-0.4, -0.2) is 33.5 Å². The van der Waals surface area contributed by atoms with Gasteiger partial charge in [0, 0.05) is 24.7 Å². The van der Waals surface area contributed by atoms with Crippen LogP contribution in [0.5, 0.6) is 5.88 Å². The van der Waals surface area contributed by atoms with Gasteiger partial charge in [-0.05, 0) is 17.7 Å². The van der Waals surface area contributed by atoms with Crippen molar-refractivity contribution >= 4 is 11.7 Å². The first-order valence-electron chi connectivity index (χ1n) is 9.03. The zero-order valence-electron chi connectivity index (χ0n) is 15.2. The second kappa shape index (κ2) is 7.57. The number of benzene rings is 1. The third-order valence-corrected chi connectivity index (χ3v) is 4.38. The van der Waals surface area contributed by atoms with Gasteiger partial charge in [0.15, 0.2) is 0 Å². The quantitative estimate of drug-likeness (QED) is 0.707. The molecule has 0 radical (unpaired) electrons. The van der Waals surface area contributed by atoms with Crippen LogP contribution in [0.4, 0.5) is 19.0 Å². The summed E-state index contributed by atoms with van der Waals surface area (Å²) in [5.41, 5.74) is 2.93. The average molecular weight is 402 g/mol. The number of fused-ring (bicyclic) bond motifs is 1. The molecule has 0 spiro atoms. The molecule has 0 fully saturated rings. The number of aromatic nitrogens is 3. The Kier molecular flexibility index (Phi) is 4.96. The minimum atomic E-state index is -4.58. The van der Waals surface area contributed by atoms with Gasteiger partial charge in [-0.2, -0.15) is 18.3 Å². The predicted octanol–water partition coefficient (Wildman–Crippen LogP) is 4.29. The molecule has 1 amide bonds. The maximum atomic E-state index is 12.4. The molecule has 2 aromatic heterocycles. The van der Waals surface area contributed by atoms with Gasteiger partial charge in [-0.25, -0.2) is 9.67 Å². The highest BCUT2D eigenvalue weighted by molar-refractivity contribution is 5.92. The maximum absolute atomic E-state index is 12.4. The SMILES string of the molecule is O=C(CC(F)(F)F)Nc1cc(-c2c(-c3ccccc3)nn3c2OCCC3)ccn1. The monoisotopic (exact) mass is 402 g/mol. The van der Waals surface area contributed by atoms with E-state index >= 15 is 0 Å². The number of alkyl halides is 3. The molecular weight excluding hydrogens is 385 g/mol. The van der Waals surface area contributed by atoms with Crippen molar-refractivity contribution in [3.05, 3.63) is 48.7 Å². The van der Waals surface area contributed by atoms with E-state index < -0.39 is 18.5 Å². The highest BCUT2D eigenvalue weighted by atomic mass is 19.4. The fraction of sp³-hybridized carbons (Fsp3) is 0.250. The summed E-state index contributed by atoms with van der Waals surface area (Å²) in [7, 11) is 0. The van der Waals surface area contributed by atoms with E-state index in [0.717, 1.165) is 12.0 Å². The van der Waals surface area contributed by atoms with Crippen LogP contribution in [0.3, 0.4) is 0 Å². The van der Waals surface area contributed by atoms with Crippen LogP contribution < -0.4 is 10.1 Å². The van der Waals surface area contributed by atoms with Gasteiger partial charge in [0.2, 0.25) is 11.8 Å². The number of aryl methyl sites for hydroxylation is 1. The van der Waals surface area contributed by atoms with E-state index in [0.29, 0.717) is 35.9 Å². The van der Waals surface area contributed by atoms with Crippen molar-refractivity contribution in [3.63, 3.8) is 0 Å². The van der Waals surface area contributed by atoms with Gasteiger partial charge in [0.25, 0.3) is 0 Å². The van der Waals surface area contributed by atoms with Gasteiger partial charge in [0.05, 0.1) is 12.2 Å². The average Bonchev–Trinajstić information content (AvgIpc) is 3.07. The van der Waals surface area contributed by atoms with Crippen molar-refractivity contribution in [2.45, 2.75) is 25.6 Å². The molecule has 6 nitrogen and oxygen atoms in total. The Labute approximate surface area is 164 Å². The number of anilines is 1. The Bertz CT molecular complexity index is 1030. The molecule has 1 aromatic carbocycles. The fourth-order valence-corrected chi connectivity index (χ4v) is 3.21. The molecule has 4 rings (SSSR count). The third kappa shape index (κ3) is 4.23. The second-order valence-corrected chi connectivity index (χ2v) is 6.59. The zero-order valence-corrected chi connectivity index (χ0v) is 15.2. The molecule has 1 N–H and O–H groups in total. The number of amides is 1. The van der Waals surface area contributed by atoms with Gasteiger partial charge in [0.1, 0.15) is 17.9 Å². The van der Waals surface area contributed by atoms with E-state index in [1.54, 1.807) is 10.7 Å². The van der Waals surface area contributed by atoms with Crippen LogP contribution in [0.25, 0.3) is 22.4 Å². The lowest BCUT2D eigenvalue weighted by Gasteiger charge is -2.16. The number of ether oxygens (including phenoxy) is 1. The largest absolute Gasteiger partial charge is 0.477 e. The van der Waals surface area contributed by atoms with Crippen molar-refractivity contribution in [2.75, 3.05) is 11.9 Å². The minimum absolute atomic E-state index is 0.0338. The van der Waals surface area contributed by atoms with Crippen LogP contribution in [0.1, 0.15) is 12.8 Å². The van der Waals surface area contributed by atoms with Crippen molar-refractivity contribution in [3.8, 4) is 28.3 Å². The zero-order chi connectivity index (χ0) is 20.4. The summed E-state index contributed by atoms with van der Waals surface area (Å²) in [5, 5.41) is 6.87. The number of hydrogen-bond donors (Lipinski definition) is 1. The molecular formula is C20H17F3N4O2. The summed E-state index contributed by atoms with van der Waals surface area (Å²) in [5.74, 6) is -0.542. The summed E-state index contributed by atoms with van der Waals surface area (Å²) in [6.07, 6.45) is -3.89. The molecule has 3 heterocycles. The van der Waals surface area contributed by atoms with E-state index in [4.69, 9.17) is 4.74 Å². The van der Waals surface area contributed by atoms with E-state index in [2.05, 4.69) is 15.4 Å². The first kappa shape index (κ1) is 19.0. The maximum Gasteiger partial charge on any atom is 0.397 e. The van der Waals surface area contributed by atoms with Crippen LogP contribution >= 0.6 is 0 Å². The molecule has 0 saturated heterocycles. The summed E-state index contributed by atoms with van der Waals surface area (Å²) in [4.78, 5) is 15.6. The molecule has 0 aliphatic carbocycles. The van der Waals surface area contributed by atoms with Crippen LogP contribution in [0.2, 0.25) is 0 Å². The lowest BCUT2D eigenvalue weighted by molar-refractivity contribution is -0.150. The summed E-state index contributed by atoms with van der Waals surface area (Å²) in [6.45, 7) is 1.25. The first-order valence-corrected chi connectivity index (χ1v) is 9.03. The number of hydrogen-bond acceptors (Lipinski definition) is 4. The second-order valence-electron chi connectivity index (χ2n) is 6.59. The van der Waals surface area contributed by atoms with Crippen molar-refractivity contribution in [2.24, 2.45) is 0 Å². The lowest BCUT2D eigenvalue weighted by atomic mass is 10.0. The number of pyridine rings is 1. The van der Waals surface area contributed by atoms with Gasteiger partial charge in [-0.3, -0.25) is 4.79 Å². The highest BCUT2D eigenvalue weighted by Gasteiger charge is 2.31. The lowest BCUT2D eigenvalue weighted by Crippen LogP contribution is -2.21. The van der Waals surface area contributed by atoms with Crippen molar-refractivity contribution < 1.29 is 22.7 Å². The molecule has 150 valence electrons. The van der Waals surface area contributed by atoms with Gasteiger partial charge in [-0.1, -0.05) is 30.3 Å². The van der Waals surface area contributed by atoms with Crippen molar-refractivity contribution in [1.82, 2.24) is 14.8 Å². The van der Waals surface area contributed by atoms with Gasteiger partial charge < -0.3 is 10.1 Å². The smallest absolute Gasteiger partial charge is 0.397 e. The summed E-state index contributed by atoms with van der Waals surface area (Å²) < 4.78 is 44.9.